The van der Waals surface area contributed by atoms with Crippen molar-refractivity contribution in [3.63, 3.8) is 0 Å². The van der Waals surface area contributed by atoms with Gasteiger partial charge in [-0.05, 0) is 12.8 Å². The molecule has 0 aromatic rings. The summed E-state index contributed by atoms with van der Waals surface area (Å²) in [5, 5.41) is 0. The number of rotatable bonds is 6. The van der Waals surface area contributed by atoms with Crippen LogP contribution in [0.4, 0.5) is 0 Å². The summed E-state index contributed by atoms with van der Waals surface area (Å²) in [6.07, 6.45) is 1.65. The molecular formula is C6H16O5P2. The predicted molar refractivity (Wildman–Crippen MR) is 51.1 cm³/mol. The average Bonchev–Trinajstić information content (AvgIpc) is 1.82. The lowest BCUT2D eigenvalue weighted by Crippen LogP contribution is -1.97. The van der Waals surface area contributed by atoms with E-state index in [1.54, 1.807) is 13.8 Å². The fraction of sp³-hybridized carbons (Fsp3) is 1.00. The van der Waals surface area contributed by atoms with Gasteiger partial charge in [0.25, 0.3) is 0 Å². The molecule has 5 nitrogen and oxygen atoms in total. The zero-order chi connectivity index (χ0) is 10.5. The summed E-state index contributed by atoms with van der Waals surface area (Å²) in [5.74, 6) is 0. The van der Waals surface area contributed by atoms with Gasteiger partial charge in [0.1, 0.15) is 0 Å². The van der Waals surface area contributed by atoms with Crippen LogP contribution in [0.25, 0.3) is 0 Å². The fourth-order valence-electron chi connectivity index (χ4n) is 1.07. The third kappa shape index (κ3) is 6.42. The third-order valence-electron chi connectivity index (χ3n) is 1.38. The second-order valence-corrected chi connectivity index (χ2v) is 6.99. The van der Waals surface area contributed by atoms with Crippen LogP contribution >= 0.6 is 15.2 Å². The fourth-order valence-corrected chi connectivity index (χ4v) is 4.86. The van der Waals surface area contributed by atoms with Crippen molar-refractivity contribution in [2.75, 3.05) is 12.3 Å². The second kappa shape index (κ2) is 5.28. The molecule has 2 N–H and O–H groups in total. The van der Waals surface area contributed by atoms with Crippen LogP contribution in [0, 0.1) is 0 Å². The average molecular weight is 230 g/mol. The number of hydrogen-bond donors (Lipinski definition) is 2. The van der Waals surface area contributed by atoms with Crippen LogP contribution in [0.3, 0.4) is 0 Å². The van der Waals surface area contributed by atoms with Gasteiger partial charge in [-0.25, -0.2) is 8.88 Å². The molecule has 7 heteroatoms. The molecule has 0 heterocycles. The Labute approximate surface area is 78.2 Å². The standard InChI is InChI=1S/C6H16O5P2/c1-3-5-12(7,6-4-2)11-13(8,9)10/h3-6H2,1-2H3,(H2,8,9,10). The largest absolute Gasteiger partial charge is 0.475 e. The zero-order valence-corrected chi connectivity index (χ0v) is 9.63. The quantitative estimate of drug-likeness (QED) is 0.683. The number of hydrogen-bond acceptors (Lipinski definition) is 3. The van der Waals surface area contributed by atoms with Crippen LogP contribution in [0.1, 0.15) is 26.7 Å². The van der Waals surface area contributed by atoms with Crippen molar-refractivity contribution >= 4 is 15.2 Å². The first kappa shape index (κ1) is 13.3. The molecule has 0 saturated heterocycles. The molecule has 0 amide bonds. The normalized spacial score (nSPS) is 13.2. The molecule has 13 heavy (non-hydrogen) atoms. The lowest BCUT2D eigenvalue weighted by molar-refractivity contribution is 0.283. The van der Waals surface area contributed by atoms with E-state index in [9.17, 15) is 9.13 Å². The zero-order valence-electron chi connectivity index (χ0n) is 7.84. The van der Waals surface area contributed by atoms with E-state index in [-0.39, 0.29) is 12.3 Å². The summed E-state index contributed by atoms with van der Waals surface area (Å²) >= 11 is 0. The molecular weight excluding hydrogens is 214 g/mol. The minimum atomic E-state index is -4.61. The lowest BCUT2D eigenvalue weighted by atomic mass is 10.6. The predicted octanol–water partition coefficient (Wildman–Crippen LogP) is 2.19. The molecule has 0 atom stereocenters. The summed E-state index contributed by atoms with van der Waals surface area (Å²) in [6, 6.07) is 0. The smallest absolute Gasteiger partial charge is 0.302 e. The maximum atomic E-state index is 11.7. The van der Waals surface area contributed by atoms with Crippen molar-refractivity contribution in [3.05, 3.63) is 0 Å². The topological polar surface area (TPSA) is 83.8 Å². The number of phosphoric acid groups is 1. The summed E-state index contributed by atoms with van der Waals surface area (Å²) < 4.78 is 26.5. The Kier molecular flexibility index (Phi) is 5.42. The van der Waals surface area contributed by atoms with Gasteiger partial charge in [-0.1, -0.05) is 13.8 Å². The molecule has 80 valence electrons. The lowest BCUT2D eigenvalue weighted by Gasteiger charge is -2.17. The van der Waals surface area contributed by atoms with Crippen LogP contribution in [-0.4, -0.2) is 22.1 Å². The van der Waals surface area contributed by atoms with Crippen molar-refractivity contribution in [3.8, 4) is 0 Å². The van der Waals surface area contributed by atoms with Crippen LogP contribution in [0.15, 0.2) is 0 Å². The van der Waals surface area contributed by atoms with E-state index in [0.29, 0.717) is 12.8 Å². The van der Waals surface area contributed by atoms with Crippen molar-refractivity contribution in [1.82, 2.24) is 0 Å². The Hall–Kier alpha value is 0.340. The van der Waals surface area contributed by atoms with Crippen molar-refractivity contribution in [2.45, 2.75) is 26.7 Å². The Morgan fingerprint density at radius 2 is 1.46 bits per heavy atom. The monoisotopic (exact) mass is 230 g/mol. The van der Waals surface area contributed by atoms with Crippen LogP contribution in [0.5, 0.6) is 0 Å². The van der Waals surface area contributed by atoms with Gasteiger partial charge in [0.15, 0.2) is 0 Å². The second-order valence-electron chi connectivity index (χ2n) is 2.83. The van der Waals surface area contributed by atoms with Gasteiger partial charge < -0.3 is 9.79 Å². The Balaban J connectivity index is 4.42. The molecule has 0 rings (SSSR count). The van der Waals surface area contributed by atoms with Crippen LogP contribution < -0.4 is 0 Å². The summed E-state index contributed by atoms with van der Waals surface area (Å²) in [6.45, 7) is 3.59. The maximum absolute atomic E-state index is 11.7. The molecule has 0 unspecified atom stereocenters. The first-order valence-electron chi connectivity index (χ1n) is 4.18. The molecule has 0 saturated carbocycles. The third-order valence-corrected chi connectivity index (χ3v) is 5.68. The van der Waals surface area contributed by atoms with Gasteiger partial charge in [0, 0.05) is 12.3 Å². The van der Waals surface area contributed by atoms with Crippen molar-refractivity contribution < 1.29 is 23.2 Å². The summed E-state index contributed by atoms with van der Waals surface area (Å²) in [4.78, 5) is 17.0. The van der Waals surface area contributed by atoms with Crippen molar-refractivity contribution in [2.24, 2.45) is 0 Å². The summed E-state index contributed by atoms with van der Waals surface area (Å²) in [7, 11) is -7.71. The SMILES string of the molecule is CCCP(=O)(CCC)OP(=O)(O)O. The highest BCUT2D eigenvalue weighted by atomic mass is 31.3. The van der Waals surface area contributed by atoms with Gasteiger partial charge in [0.05, 0.1) is 0 Å². The van der Waals surface area contributed by atoms with E-state index in [4.69, 9.17) is 9.79 Å². The van der Waals surface area contributed by atoms with E-state index in [0.717, 1.165) is 0 Å². The first-order chi connectivity index (χ1) is 5.83. The van der Waals surface area contributed by atoms with Crippen LogP contribution in [-0.2, 0) is 13.4 Å². The minimum Gasteiger partial charge on any atom is -0.302 e. The molecule has 0 aliphatic carbocycles. The van der Waals surface area contributed by atoms with Crippen molar-refractivity contribution in [1.29, 1.82) is 0 Å². The molecule has 0 aromatic carbocycles. The molecule has 0 radical (unpaired) electrons. The molecule has 0 bridgehead atoms. The van der Waals surface area contributed by atoms with Gasteiger partial charge in [-0.2, -0.15) is 0 Å². The molecule has 0 spiro atoms. The van der Waals surface area contributed by atoms with Gasteiger partial charge in [0.2, 0.25) is 7.37 Å². The minimum absolute atomic E-state index is 0.228. The van der Waals surface area contributed by atoms with E-state index in [1.165, 1.54) is 0 Å². The Morgan fingerprint density at radius 1 is 1.08 bits per heavy atom. The highest BCUT2D eigenvalue weighted by Crippen LogP contribution is 2.60. The Bertz CT molecular complexity index is 223. The van der Waals surface area contributed by atoms with E-state index >= 15 is 0 Å². The van der Waals surface area contributed by atoms with E-state index in [1.807, 2.05) is 0 Å². The van der Waals surface area contributed by atoms with Gasteiger partial charge >= 0.3 is 7.82 Å². The van der Waals surface area contributed by atoms with Gasteiger partial charge in [-0.3, -0.25) is 4.57 Å². The summed E-state index contributed by atoms with van der Waals surface area (Å²) in [5.41, 5.74) is 0. The molecule has 0 aliphatic rings. The first-order valence-corrected chi connectivity index (χ1v) is 7.70. The maximum Gasteiger partial charge on any atom is 0.475 e. The van der Waals surface area contributed by atoms with Gasteiger partial charge in [-0.15, -0.1) is 0 Å². The molecule has 0 aliphatic heterocycles. The van der Waals surface area contributed by atoms with E-state index in [2.05, 4.69) is 4.31 Å². The van der Waals surface area contributed by atoms with E-state index < -0.39 is 15.2 Å². The highest BCUT2D eigenvalue weighted by molar-refractivity contribution is 7.67. The molecule has 0 fully saturated rings. The Morgan fingerprint density at radius 3 is 1.69 bits per heavy atom. The molecule has 0 aromatic heterocycles. The van der Waals surface area contributed by atoms with Crippen LogP contribution in [0.2, 0.25) is 0 Å². The highest BCUT2D eigenvalue weighted by Gasteiger charge is 2.30.